The summed E-state index contributed by atoms with van der Waals surface area (Å²) in [6.07, 6.45) is -1.53. The summed E-state index contributed by atoms with van der Waals surface area (Å²) in [5.41, 5.74) is 2.94. The van der Waals surface area contributed by atoms with Crippen LogP contribution in [0.4, 0.5) is 13.2 Å². The van der Waals surface area contributed by atoms with Crippen LogP contribution in [0.15, 0.2) is 53.8 Å². The highest BCUT2D eigenvalue weighted by Gasteiger charge is 2.38. The number of aryl methyl sites for hydroxylation is 1. The van der Waals surface area contributed by atoms with E-state index < -0.39 is 34.9 Å². The first-order valence-electron chi connectivity index (χ1n) is 11.1. The Hall–Kier alpha value is -2.68. The third kappa shape index (κ3) is 4.46. The predicted molar refractivity (Wildman–Crippen MR) is 135 cm³/mol. The highest BCUT2D eigenvalue weighted by Crippen LogP contribution is 2.35. The van der Waals surface area contributed by atoms with Gasteiger partial charge < -0.3 is 4.90 Å². The normalized spacial score (nSPS) is 19.0. The van der Waals surface area contributed by atoms with Crippen LogP contribution >= 0.6 is 22.6 Å². The van der Waals surface area contributed by atoms with E-state index >= 15 is 0 Å². The molecule has 1 fully saturated rings. The molecule has 5 rings (SSSR count). The van der Waals surface area contributed by atoms with Gasteiger partial charge in [0.1, 0.15) is 0 Å². The number of amides is 1. The summed E-state index contributed by atoms with van der Waals surface area (Å²) in [6.45, 7) is 2.45. The Kier molecular flexibility index (Phi) is 6.25. The number of halogens is 4. The van der Waals surface area contributed by atoms with Crippen molar-refractivity contribution in [2.45, 2.75) is 40.7 Å². The lowest BCUT2D eigenvalue weighted by Crippen LogP contribution is -2.30. The molecule has 4 heterocycles. The summed E-state index contributed by atoms with van der Waals surface area (Å²) in [5.74, 6) is -0.731. The number of hydrogen-bond acceptors (Lipinski definition) is 5. The number of hydrogen-bond donors (Lipinski definition) is 0. The molecule has 1 aliphatic rings. The molecular weight excluding hydrogens is 610 g/mol. The SMILES string of the molecule is Cc1ccc(S(=O)(=O)n2ccc3c2ncc2ncc([C@H]4CN(C(=O)CCC(F)(F)F)C[C@H]4I)n23)cc1. The van der Waals surface area contributed by atoms with E-state index in [0.717, 1.165) is 15.2 Å². The van der Waals surface area contributed by atoms with Crippen LogP contribution < -0.4 is 0 Å². The third-order valence-electron chi connectivity index (χ3n) is 6.35. The molecule has 2 atom stereocenters. The maximum absolute atomic E-state index is 13.3. The zero-order chi connectivity index (χ0) is 25.8. The van der Waals surface area contributed by atoms with E-state index in [4.69, 9.17) is 0 Å². The molecule has 0 unspecified atom stereocenters. The second-order valence-electron chi connectivity index (χ2n) is 8.81. The van der Waals surface area contributed by atoms with Gasteiger partial charge in [-0.3, -0.25) is 9.20 Å². The number of rotatable bonds is 5. The maximum atomic E-state index is 13.3. The average Bonchev–Trinajstić information content (AvgIpc) is 3.53. The molecule has 0 aliphatic carbocycles. The smallest absolute Gasteiger partial charge is 0.341 e. The van der Waals surface area contributed by atoms with Crippen molar-refractivity contribution >= 4 is 55.3 Å². The molecule has 13 heteroatoms. The second kappa shape index (κ2) is 9.01. The van der Waals surface area contributed by atoms with Crippen molar-refractivity contribution in [2.24, 2.45) is 0 Å². The fourth-order valence-electron chi connectivity index (χ4n) is 4.48. The minimum atomic E-state index is -4.38. The Bertz CT molecular complexity index is 1560. The first-order valence-corrected chi connectivity index (χ1v) is 13.8. The van der Waals surface area contributed by atoms with Gasteiger partial charge in [0.05, 0.1) is 23.0 Å². The Morgan fingerprint density at radius 2 is 1.83 bits per heavy atom. The second-order valence-corrected chi connectivity index (χ2v) is 12.2. The largest absolute Gasteiger partial charge is 0.389 e. The highest BCUT2D eigenvalue weighted by molar-refractivity contribution is 14.1. The van der Waals surface area contributed by atoms with E-state index in [1.165, 1.54) is 17.3 Å². The average molecular weight is 631 g/mol. The van der Waals surface area contributed by atoms with E-state index in [1.54, 1.807) is 36.5 Å². The lowest BCUT2D eigenvalue weighted by Gasteiger charge is -2.17. The number of benzene rings is 1. The van der Waals surface area contributed by atoms with Gasteiger partial charge in [0, 0.05) is 47.4 Å². The molecule has 0 N–H and O–H groups in total. The van der Waals surface area contributed by atoms with Crippen molar-refractivity contribution < 1.29 is 26.4 Å². The third-order valence-corrected chi connectivity index (χ3v) is 9.29. The minimum Gasteiger partial charge on any atom is -0.341 e. The number of likely N-dealkylation sites (tertiary alicyclic amines) is 1. The number of aromatic nitrogens is 4. The van der Waals surface area contributed by atoms with Crippen molar-refractivity contribution in [1.29, 1.82) is 0 Å². The van der Waals surface area contributed by atoms with E-state index in [0.29, 0.717) is 17.7 Å². The van der Waals surface area contributed by atoms with Gasteiger partial charge in [-0.2, -0.15) is 13.2 Å². The molecule has 0 radical (unpaired) electrons. The lowest BCUT2D eigenvalue weighted by atomic mass is 10.1. The van der Waals surface area contributed by atoms with Crippen LogP contribution in [0.5, 0.6) is 0 Å². The zero-order valence-corrected chi connectivity index (χ0v) is 22.0. The van der Waals surface area contributed by atoms with Gasteiger partial charge in [-0.15, -0.1) is 0 Å². The van der Waals surface area contributed by atoms with Crippen LogP contribution in [0, 0.1) is 6.92 Å². The Labute approximate surface area is 218 Å². The highest BCUT2D eigenvalue weighted by atomic mass is 127. The molecule has 0 spiro atoms. The minimum absolute atomic E-state index is 0.0565. The summed E-state index contributed by atoms with van der Waals surface area (Å²) >= 11 is 2.20. The van der Waals surface area contributed by atoms with Crippen molar-refractivity contribution in [3.8, 4) is 0 Å². The first kappa shape index (κ1) is 25.0. The fourth-order valence-corrected chi connectivity index (χ4v) is 6.85. The predicted octanol–water partition coefficient (Wildman–Crippen LogP) is 4.30. The van der Waals surface area contributed by atoms with Gasteiger partial charge in [0.2, 0.25) is 5.91 Å². The Morgan fingerprint density at radius 1 is 1.11 bits per heavy atom. The van der Waals surface area contributed by atoms with E-state index in [-0.39, 0.29) is 26.9 Å². The van der Waals surface area contributed by atoms with Gasteiger partial charge in [-0.1, -0.05) is 40.3 Å². The van der Waals surface area contributed by atoms with Gasteiger partial charge >= 0.3 is 6.18 Å². The van der Waals surface area contributed by atoms with E-state index in [2.05, 4.69) is 32.6 Å². The summed E-state index contributed by atoms with van der Waals surface area (Å²) in [5, 5.41) is 0. The number of carbonyl (C=O) groups is 1. The molecule has 1 amide bonds. The summed E-state index contributed by atoms with van der Waals surface area (Å²) in [6, 6.07) is 8.18. The van der Waals surface area contributed by atoms with Crippen molar-refractivity contribution in [3.63, 3.8) is 0 Å². The van der Waals surface area contributed by atoms with E-state index in [9.17, 15) is 26.4 Å². The summed E-state index contributed by atoms with van der Waals surface area (Å²) in [4.78, 5) is 22.8. The standard InChI is InChI=1S/C23H21F3IN5O3S/c1-14-2-4-15(5-3-14)36(34,35)31-9-7-18-22(31)29-11-20-28-10-19(32(18)20)16-12-30(13-17(16)27)21(33)6-8-23(24,25)26/h2-5,7,9-11,16-17H,6,8,12-13H2,1H3/t16-,17+/m0/s1. The maximum Gasteiger partial charge on any atom is 0.389 e. The summed E-state index contributed by atoms with van der Waals surface area (Å²) in [7, 11) is -3.90. The molecule has 1 aromatic carbocycles. The molecular formula is C23H21F3IN5O3S. The lowest BCUT2D eigenvalue weighted by molar-refractivity contribution is -0.148. The number of nitrogens with zero attached hydrogens (tertiary/aromatic N) is 5. The summed E-state index contributed by atoms with van der Waals surface area (Å²) < 4.78 is 67.2. The zero-order valence-electron chi connectivity index (χ0n) is 19.0. The molecule has 8 nitrogen and oxygen atoms in total. The van der Waals surface area contributed by atoms with Gasteiger partial charge in [0.25, 0.3) is 10.0 Å². The Balaban J connectivity index is 1.51. The van der Waals surface area contributed by atoms with Crippen LogP contribution in [0.3, 0.4) is 0 Å². The van der Waals surface area contributed by atoms with Crippen molar-refractivity contribution in [3.05, 3.63) is 60.2 Å². The molecule has 1 aliphatic heterocycles. The molecule has 36 heavy (non-hydrogen) atoms. The van der Waals surface area contributed by atoms with E-state index in [1.807, 2.05) is 11.3 Å². The van der Waals surface area contributed by atoms with Crippen LogP contribution in [-0.4, -0.2) is 60.8 Å². The molecule has 0 bridgehead atoms. The first-order chi connectivity index (χ1) is 17.0. The van der Waals surface area contributed by atoms with Crippen LogP contribution in [0.2, 0.25) is 0 Å². The van der Waals surface area contributed by atoms with Gasteiger partial charge in [-0.05, 0) is 25.1 Å². The Morgan fingerprint density at radius 3 is 2.53 bits per heavy atom. The van der Waals surface area contributed by atoms with Crippen molar-refractivity contribution in [2.75, 3.05) is 13.1 Å². The molecule has 4 aromatic rings. The van der Waals surface area contributed by atoms with Gasteiger partial charge in [0.15, 0.2) is 11.3 Å². The number of imidazole rings is 1. The number of fused-ring (bicyclic) bond motifs is 3. The fraction of sp³-hybridized carbons (Fsp3) is 0.348. The number of alkyl halides is 4. The molecule has 1 saturated heterocycles. The quantitative estimate of drug-likeness (QED) is 0.242. The van der Waals surface area contributed by atoms with Crippen LogP contribution in [0.25, 0.3) is 16.8 Å². The molecule has 190 valence electrons. The van der Waals surface area contributed by atoms with Crippen molar-refractivity contribution in [1.82, 2.24) is 23.2 Å². The molecule has 0 saturated carbocycles. The van der Waals surface area contributed by atoms with Crippen LogP contribution in [0.1, 0.15) is 30.0 Å². The van der Waals surface area contributed by atoms with Crippen LogP contribution in [-0.2, 0) is 14.8 Å². The monoisotopic (exact) mass is 631 g/mol. The topological polar surface area (TPSA) is 89.6 Å². The molecule has 3 aromatic heterocycles. The van der Waals surface area contributed by atoms with Gasteiger partial charge in [-0.25, -0.2) is 22.4 Å². The number of carbonyl (C=O) groups excluding carboxylic acids is 1.